The first kappa shape index (κ1) is 18.9. The van der Waals surface area contributed by atoms with Crippen molar-refractivity contribution >= 4 is 15.7 Å². The normalized spacial score (nSPS) is 18.5. The summed E-state index contributed by atoms with van der Waals surface area (Å²) in [7, 11) is -1.44. The van der Waals surface area contributed by atoms with Crippen molar-refractivity contribution in [3.63, 3.8) is 0 Å². The van der Waals surface area contributed by atoms with Crippen LogP contribution in [-0.2, 0) is 21.1 Å². The zero-order chi connectivity index (χ0) is 17.4. The molecule has 0 aliphatic carbocycles. The summed E-state index contributed by atoms with van der Waals surface area (Å²) in [5.74, 6) is -0.0980. The number of carbonyl (C=O) groups excluding carboxylic acids is 1. The Hall–Kier alpha value is -1.40. The zero-order valence-corrected chi connectivity index (χ0v) is 15.2. The summed E-state index contributed by atoms with van der Waals surface area (Å²) in [5, 5.41) is 3.13. The Bertz CT molecular complexity index is 614. The number of amides is 1. The molecule has 0 bridgehead atoms. The fourth-order valence-electron chi connectivity index (χ4n) is 3.24. The van der Waals surface area contributed by atoms with Gasteiger partial charge in [-0.25, -0.2) is 8.42 Å². The van der Waals surface area contributed by atoms with Crippen LogP contribution in [0.1, 0.15) is 24.8 Å². The molecule has 1 fully saturated rings. The Morgan fingerprint density at radius 2 is 2.04 bits per heavy atom. The molecule has 1 saturated heterocycles. The summed E-state index contributed by atoms with van der Waals surface area (Å²) < 4.78 is 24.4. The molecule has 0 spiro atoms. The van der Waals surface area contributed by atoms with Crippen LogP contribution in [0.3, 0.4) is 0 Å². The quantitative estimate of drug-likeness (QED) is 0.770. The Labute approximate surface area is 145 Å². The number of benzene rings is 1. The third-order valence-electron chi connectivity index (χ3n) is 4.47. The van der Waals surface area contributed by atoms with E-state index in [1.807, 2.05) is 37.4 Å². The zero-order valence-electron chi connectivity index (χ0n) is 14.4. The third-order valence-corrected chi connectivity index (χ3v) is 6.07. The second kappa shape index (κ2) is 9.18. The summed E-state index contributed by atoms with van der Waals surface area (Å²) in [6, 6.07) is 9.83. The lowest BCUT2D eigenvalue weighted by Gasteiger charge is -2.32. The van der Waals surface area contributed by atoms with Gasteiger partial charge in [-0.2, -0.15) is 0 Å². The Morgan fingerprint density at radius 1 is 1.29 bits per heavy atom. The van der Waals surface area contributed by atoms with E-state index < -0.39 is 9.84 Å². The number of sulfone groups is 1. The first-order valence-corrected chi connectivity index (χ1v) is 10.5. The van der Waals surface area contributed by atoms with Gasteiger partial charge in [-0.3, -0.25) is 4.79 Å². The average Bonchev–Trinajstić information content (AvgIpc) is 2.56. The van der Waals surface area contributed by atoms with E-state index in [1.165, 1.54) is 0 Å². The standard InChI is InChI=1S/C18H28N2O3S/c1-19-13-17-9-5-11-20(14-17)18(21)15-24(22,23)12-6-10-16-7-3-2-4-8-16/h2-4,7-8,17,19H,5-6,9-15H2,1H3. The van der Waals surface area contributed by atoms with E-state index in [9.17, 15) is 13.2 Å². The summed E-state index contributed by atoms with van der Waals surface area (Å²) in [6.45, 7) is 2.21. The Morgan fingerprint density at radius 3 is 2.75 bits per heavy atom. The van der Waals surface area contributed by atoms with Crippen molar-refractivity contribution in [2.75, 3.05) is 38.2 Å². The van der Waals surface area contributed by atoms with Crippen LogP contribution < -0.4 is 5.32 Å². The van der Waals surface area contributed by atoms with Crippen molar-refractivity contribution in [3.8, 4) is 0 Å². The van der Waals surface area contributed by atoms with Crippen molar-refractivity contribution in [3.05, 3.63) is 35.9 Å². The van der Waals surface area contributed by atoms with E-state index in [4.69, 9.17) is 0 Å². The summed E-state index contributed by atoms with van der Waals surface area (Å²) in [4.78, 5) is 14.0. The molecule has 1 N–H and O–H groups in total. The number of piperidine rings is 1. The van der Waals surface area contributed by atoms with Crippen molar-refractivity contribution in [2.45, 2.75) is 25.7 Å². The molecule has 0 aromatic heterocycles. The lowest BCUT2D eigenvalue weighted by Crippen LogP contribution is -2.44. The number of hydrogen-bond acceptors (Lipinski definition) is 4. The first-order valence-electron chi connectivity index (χ1n) is 8.67. The highest BCUT2D eigenvalue weighted by atomic mass is 32.2. The van der Waals surface area contributed by atoms with Crippen molar-refractivity contribution < 1.29 is 13.2 Å². The second-order valence-electron chi connectivity index (χ2n) is 6.59. The number of hydrogen-bond donors (Lipinski definition) is 1. The maximum Gasteiger partial charge on any atom is 0.237 e. The van der Waals surface area contributed by atoms with Gasteiger partial charge in [0.15, 0.2) is 9.84 Å². The molecule has 0 saturated carbocycles. The van der Waals surface area contributed by atoms with E-state index in [0.29, 0.717) is 25.4 Å². The average molecular weight is 353 g/mol. The maximum absolute atomic E-state index is 12.3. The van der Waals surface area contributed by atoms with Gasteiger partial charge in [-0.15, -0.1) is 0 Å². The van der Waals surface area contributed by atoms with Gasteiger partial charge < -0.3 is 10.2 Å². The van der Waals surface area contributed by atoms with Crippen molar-refractivity contribution in [1.82, 2.24) is 10.2 Å². The van der Waals surface area contributed by atoms with E-state index in [-0.39, 0.29) is 17.4 Å². The highest BCUT2D eigenvalue weighted by Gasteiger charge is 2.26. The monoisotopic (exact) mass is 352 g/mol. The molecule has 1 aliphatic rings. The largest absolute Gasteiger partial charge is 0.341 e. The van der Waals surface area contributed by atoms with Crippen LogP contribution >= 0.6 is 0 Å². The van der Waals surface area contributed by atoms with Gasteiger partial charge in [0.1, 0.15) is 5.75 Å². The molecule has 5 nitrogen and oxygen atoms in total. The number of nitrogens with one attached hydrogen (secondary N) is 1. The molecule has 1 aliphatic heterocycles. The number of carbonyl (C=O) groups is 1. The molecule has 6 heteroatoms. The van der Waals surface area contributed by atoms with Gasteiger partial charge in [0.2, 0.25) is 5.91 Å². The molecule has 1 aromatic rings. The SMILES string of the molecule is CNCC1CCCN(C(=O)CS(=O)(=O)CCCc2ccccc2)C1. The van der Waals surface area contributed by atoms with Crippen LogP contribution in [0.15, 0.2) is 30.3 Å². The van der Waals surface area contributed by atoms with E-state index in [0.717, 1.165) is 31.4 Å². The number of aryl methyl sites for hydroxylation is 1. The highest BCUT2D eigenvalue weighted by molar-refractivity contribution is 7.92. The van der Waals surface area contributed by atoms with Gasteiger partial charge in [-0.05, 0) is 50.8 Å². The molecule has 1 amide bonds. The van der Waals surface area contributed by atoms with E-state index >= 15 is 0 Å². The molecule has 24 heavy (non-hydrogen) atoms. The molecular weight excluding hydrogens is 324 g/mol. The van der Waals surface area contributed by atoms with Crippen LogP contribution in [0.2, 0.25) is 0 Å². The molecule has 1 unspecified atom stereocenters. The van der Waals surface area contributed by atoms with Gasteiger partial charge in [0, 0.05) is 13.1 Å². The highest BCUT2D eigenvalue weighted by Crippen LogP contribution is 2.16. The molecule has 134 valence electrons. The second-order valence-corrected chi connectivity index (χ2v) is 8.77. The summed E-state index contributed by atoms with van der Waals surface area (Å²) in [6.07, 6.45) is 3.32. The topological polar surface area (TPSA) is 66.5 Å². The number of likely N-dealkylation sites (tertiary alicyclic amines) is 1. The third kappa shape index (κ3) is 6.24. The molecule has 0 radical (unpaired) electrons. The predicted molar refractivity (Wildman–Crippen MR) is 96.6 cm³/mol. The Balaban J connectivity index is 1.79. The summed E-state index contributed by atoms with van der Waals surface area (Å²) in [5.41, 5.74) is 1.13. The fourth-order valence-corrected chi connectivity index (χ4v) is 4.53. The van der Waals surface area contributed by atoms with Gasteiger partial charge in [0.05, 0.1) is 5.75 Å². The van der Waals surface area contributed by atoms with Gasteiger partial charge in [0.25, 0.3) is 0 Å². The van der Waals surface area contributed by atoms with Crippen LogP contribution in [0.4, 0.5) is 0 Å². The maximum atomic E-state index is 12.3. The Kier molecular flexibility index (Phi) is 7.24. The van der Waals surface area contributed by atoms with E-state index in [2.05, 4.69) is 5.32 Å². The minimum atomic E-state index is -3.34. The molecule has 1 atom stereocenters. The van der Waals surface area contributed by atoms with Gasteiger partial charge in [-0.1, -0.05) is 30.3 Å². The fraction of sp³-hybridized carbons (Fsp3) is 0.611. The van der Waals surface area contributed by atoms with E-state index in [1.54, 1.807) is 4.90 Å². The predicted octanol–water partition coefficient (Wildman–Crippen LogP) is 1.49. The lowest BCUT2D eigenvalue weighted by atomic mass is 9.98. The smallest absolute Gasteiger partial charge is 0.237 e. The first-order chi connectivity index (χ1) is 11.5. The van der Waals surface area contributed by atoms with Crippen LogP contribution in [0.5, 0.6) is 0 Å². The molecule has 1 heterocycles. The lowest BCUT2D eigenvalue weighted by molar-refractivity contribution is -0.130. The van der Waals surface area contributed by atoms with Gasteiger partial charge >= 0.3 is 0 Å². The van der Waals surface area contributed by atoms with Crippen molar-refractivity contribution in [1.29, 1.82) is 0 Å². The number of rotatable bonds is 8. The molecule has 1 aromatic carbocycles. The van der Waals surface area contributed by atoms with Crippen LogP contribution in [0, 0.1) is 5.92 Å². The molecule has 2 rings (SSSR count). The molecular formula is C18H28N2O3S. The van der Waals surface area contributed by atoms with Crippen LogP contribution in [-0.4, -0.2) is 57.4 Å². The number of nitrogens with zero attached hydrogens (tertiary/aromatic N) is 1. The minimum Gasteiger partial charge on any atom is -0.341 e. The summed E-state index contributed by atoms with van der Waals surface area (Å²) >= 11 is 0. The van der Waals surface area contributed by atoms with Crippen molar-refractivity contribution in [2.24, 2.45) is 5.92 Å². The van der Waals surface area contributed by atoms with Crippen LogP contribution in [0.25, 0.3) is 0 Å². The minimum absolute atomic E-state index is 0.0709.